The Morgan fingerprint density at radius 2 is 1.95 bits per heavy atom. The summed E-state index contributed by atoms with van der Waals surface area (Å²) in [5.41, 5.74) is 4.18. The van der Waals surface area contributed by atoms with Crippen molar-refractivity contribution in [1.29, 1.82) is 0 Å². The fourth-order valence-electron chi connectivity index (χ4n) is 2.95. The zero-order valence-electron chi connectivity index (χ0n) is 13.4. The van der Waals surface area contributed by atoms with Crippen molar-refractivity contribution in [2.75, 3.05) is 13.2 Å². The quantitative estimate of drug-likeness (QED) is 0.782. The van der Waals surface area contributed by atoms with Gasteiger partial charge in [0.15, 0.2) is 0 Å². The van der Waals surface area contributed by atoms with Gasteiger partial charge in [-0.2, -0.15) is 0 Å². The number of hydrogen-bond acceptors (Lipinski definition) is 2. The van der Waals surface area contributed by atoms with Crippen LogP contribution in [0.2, 0.25) is 0 Å². The van der Waals surface area contributed by atoms with Crippen LogP contribution in [0.3, 0.4) is 0 Å². The van der Waals surface area contributed by atoms with E-state index in [1.54, 1.807) is 0 Å². The van der Waals surface area contributed by atoms with E-state index >= 15 is 0 Å². The Kier molecular flexibility index (Phi) is 5.62. The monoisotopic (exact) mass is 275 g/mol. The molecular weight excluding hydrogens is 246 g/mol. The normalized spacial score (nSPS) is 18.0. The van der Waals surface area contributed by atoms with Crippen molar-refractivity contribution in [2.45, 2.75) is 59.1 Å². The van der Waals surface area contributed by atoms with E-state index in [1.807, 2.05) is 0 Å². The van der Waals surface area contributed by atoms with E-state index in [-0.39, 0.29) is 0 Å². The van der Waals surface area contributed by atoms with E-state index in [0.717, 1.165) is 25.5 Å². The van der Waals surface area contributed by atoms with Crippen LogP contribution in [-0.4, -0.2) is 25.3 Å². The van der Waals surface area contributed by atoms with E-state index in [9.17, 15) is 0 Å². The fourth-order valence-corrected chi connectivity index (χ4v) is 2.95. The first kappa shape index (κ1) is 15.5. The summed E-state index contributed by atoms with van der Waals surface area (Å²) >= 11 is 0. The molecule has 0 aliphatic heterocycles. The van der Waals surface area contributed by atoms with E-state index in [1.165, 1.54) is 29.5 Å². The van der Waals surface area contributed by atoms with E-state index in [4.69, 9.17) is 4.74 Å². The standard InChI is InChI=1S/C18H29NO/c1-5-19-17(18(20-6-2)16-9-10-16)12-15-8-7-13(3)14(4)11-15/h7-8,11,16-19H,5-6,9-10,12H2,1-4H3. The second kappa shape index (κ2) is 7.24. The van der Waals surface area contributed by atoms with Gasteiger partial charge in [-0.05, 0) is 69.2 Å². The van der Waals surface area contributed by atoms with Crippen LogP contribution in [0.1, 0.15) is 43.4 Å². The Morgan fingerprint density at radius 3 is 2.50 bits per heavy atom. The number of nitrogens with one attached hydrogen (secondary N) is 1. The van der Waals surface area contributed by atoms with Crippen LogP contribution in [0.15, 0.2) is 18.2 Å². The molecule has 20 heavy (non-hydrogen) atoms. The molecule has 0 aromatic heterocycles. The van der Waals surface area contributed by atoms with Crippen molar-refractivity contribution in [2.24, 2.45) is 5.92 Å². The van der Waals surface area contributed by atoms with E-state index in [0.29, 0.717) is 12.1 Å². The van der Waals surface area contributed by atoms with Crippen molar-refractivity contribution >= 4 is 0 Å². The number of ether oxygens (including phenoxy) is 1. The minimum absolute atomic E-state index is 0.376. The molecule has 2 nitrogen and oxygen atoms in total. The van der Waals surface area contributed by atoms with Gasteiger partial charge in [-0.3, -0.25) is 0 Å². The zero-order chi connectivity index (χ0) is 14.5. The summed E-state index contributed by atoms with van der Waals surface area (Å²) < 4.78 is 6.04. The van der Waals surface area contributed by atoms with Gasteiger partial charge in [0.1, 0.15) is 0 Å². The van der Waals surface area contributed by atoms with Crippen molar-refractivity contribution in [3.63, 3.8) is 0 Å². The minimum atomic E-state index is 0.376. The average molecular weight is 275 g/mol. The van der Waals surface area contributed by atoms with Crippen LogP contribution in [0.5, 0.6) is 0 Å². The summed E-state index contributed by atoms with van der Waals surface area (Å²) in [4.78, 5) is 0. The lowest BCUT2D eigenvalue weighted by molar-refractivity contribution is 0.0196. The second-order valence-electron chi connectivity index (χ2n) is 6.04. The molecule has 1 aliphatic carbocycles. The van der Waals surface area contributed by atoms with Gasteiger partial charge in [-0.25, -0.2) is 0 Å². The molecule has 0 saturated heterocycles. The summed E-state index contributed by atoms with van der Waals surface area (Å²) in [6, 6.07) is 7.27. The maximum atomic E-state index is 6.04. The predicted molar refractivity (Wildman–Crippen MR) is 85.2 cm³/mol. The maximum absolute atomic E-state index is 6.04. The predicted octanol–water partition coefficient (Wildman–Crippen LogP) is 3.64. The second-order valence-corrected chi connectivity index (χ2v) is 6.04. The molecule has 1 aliphatic rings. The lowest BCUT2D eigenvalue weighted by Crippen LogP contribution is -2.44. The highest BCUT2D eigenvalue weighted by Crippen LogP contribution is 2.36. The third kappa shape index (κ3) is 4.07. The van der Waals surface area contributed by atoms with E-state index in [2.05, 4.69) is 51.2 Å². The molecule has 1 fully saturated rings. The molecule has 1 saturated carbocycles. The Hall–Kier alpha value is -0.860. The van der Waals surface area contributed by atoms with Gasteiger partial charge in [-0.1, -0.05) is 25.1 Å². The summed E-state index contributed by atoms with van der Waals surface area (Å²) in [7, 11) is 0. The minimum Gasteiger partial charge on any atom is -0.377 e. The molecule has 2 rings (SSSR count). The Labute approximate surface area is 123 Å². The van der Waals surface area contributed by atoms with Gasteiger partial charge >= 0.3 is 0 Å². The number of benzene rings is 1. The molecule has 0 amide bonds. The highest BCUT2D eigenvalue weighted by molar-refractivity contribution is 5.30. The van der Waals surface area contributed by atoms with Crippen molar-refractivity contribution in [3.05, 3.63) is 34.9 Å². The van der Waals surface area contributed by atoms with Crippen LogP contribution >= 0.6 is 0 Å². The van der Waals surface area contributed by atoms with Crippen LogP contribution in [0, 0.1) is 19.8 Å². The van der Waals surface area contributed by atoms with Gasteiger partial charge in [0.2, 0.25) is 0 Å². The van der Waals surface area contributed by atoms with Gasteiger partial charge < -0.3 is 10.1 Å². The van der Waals surface area contributed by atoms with Gasteiger partial charge in [0, 0.05) is 12.6 Å². The lowest BCUT2D eigenvalue weighted by atomic mass is 9.96. The highest BCUT2D eigenvalue weighted by Gasteiger charge is 2.36. The highest BCUT2D eigenvalue weighted by atomic mass is 16.5. The van der Waals surface area contributed by atoms with Crippen LogP contribution in [-0.2, 0) is 11.2 Å². The largest absolute Gasteiger partial charge is 0.377 e. The average Bonchev–Trinajstić information content (AvgIpc) is 3.24. The molecule has 0 radical (unpaired) electrons. The van der Waals surface area contributed by atoms with Crippen LogP contribution in [0.25, 0.3) is 0 Å². The number of likely N-dealkylation sites (N-methyl/N-ethyl adjacent to an activating group) is 1. The first-order chi connectivity index (χ1) is 9.65. The molecule has 2 atom stereocenters. The number of rotatable bonds is 8. The molecule has 0 spiro atoms. The van der Waals surface area contributed by atoms with E-state index < -0.39 is 0 Å². The molecule has 1 aromatic rings. The third-order valence-electron chi connectivity index (χ3n) is 4.34. The summed E-state index contributed by atoms with van der Waals surface area (Å²) in [5, 5.41) is 3.65. The smallest absolute Gasteiger partial charge is 0.0759 e. The molecule has 0 heterocycles. The van der Waals surface area contributed by atoms with Gasteiger partial charge in [0.05, 0.1) is 6.10 Å². The third-order valence-corrected chi connectivity index (χ3v) is 4.34. The van der Waals surface area contributed by atoms with Crippen molar-refractivity contribution < 1.29 is 4.74 Å². The first-order valence-corrected chi connectivity index (χ1v) is 8.06. The van der Waals surface area contributed by atoms with Crippen LogP contribution in [0.4, 0.5) is 0 Å². The topological polar surface area (TPSA) is 21.3 Å². The first-order valence-electron chi connectivity index (χ1n) is 8.06. The van der Waals surface area contributed by atoms with Crippen molar-refractivity contribution in [3.8, 4) is 0 Å². The summed E-state index contributed by atoms with van der Waals surface area (Å²) in [6.07, 6.45) is 4.11. The maximum Gasteiger partial charge on any atom is 0.0759 e. The number of aryl methyl sites for hydroxylation is 2. The molecular formula is C18H29NO. The fraction of sp³-hybridized carbons (Fsp3) is 0.667. The van der Waals surface area contributed by atoms with Gasteiger partial charge in [-0.15, -0.1) is 0 Å². The molecule has 0 bridgehead atoms. The molecule has 1 N–H and O–H groups in total. The summed E-state index contributed by atoms with van der Waals surface area (Å²) in [5.74, 6) is 0.769. The van der Waals surface area contributed by atoms with Crippen LogP contribution < -0.4 is 5.32 Å². The SMILES string of the molecule is CCNC(Cc1ccc(C)c(C)c1)C(OCC)C1CC1. The Bertz CT molecular complexity index is 425. The molecule has 2 unspecified atom stereocenters. The molecule has 112 valence electrons. The zero-order valence-corrected chi connectivity index (χ0v) is 13.4. The van der Waals surface area contributed by atoms with Gasteiger partial charge in [0.25, 0.3) is 0 Å². The Morgan fingerprint density at radius 1 is 1.20 bits per heavy atom. The Balaban J connectivity index is 2.08. The number of hydrogen-bond donors (Lipinski definition) is 1. The summed E-state index contributed by atoms with van der Waals surface area (Å²) in [6.45, 7) is 10.5. The van der Waals surface area contributed by atoms with Crippen molar-refractivity contribution in [1.82, 2.24) is 5.32 Å². The lowest BCUT2D eigenvalue weighted by Gasteiger charge is -2.28. The molecule has 2 heteroatoms. The molecule has 1 aromatic carbocycles.